The van der Waals surface area contributed by atoms with E-state index in [1.54, 1.807) is 55.5 Å². The van der Waals surface area contributed by atoms with Gasteiger partial charge in [-0.3, -0.25) is 9.59 Å². The number of benzene rings is 3. The second-order valence-corrected chi connectivity index (χ2v) is 9.49. The lowest BCUT2D eigenvalue weighted by Crippen LogP contribution is -2.18. The summed E-state index contributed by atoms with van der Waals surface area (Å²) in [5, 5.41) is 6.96. The van der Waals surface area contributed by atoms with Crippen molar-refractivity contribution in [2.45, 2.75) is 13.8 Å². The number of fused-ring (bicyclic) bond motifs is 1. The predicted octanol–water partition coefficient (Wildman–Crippen LogP) is 6.55. The highest BCUT2D eigenvalue weighted by molar-refractivity contribution is 7.15. The number of esters is 1. The molecule has 190 valence electrons. The van der Waals surface area contributed by atoms with E-state index in [1.165, 1.54) is 11.3 Å². The third-order valence-corrected chi connectivity index (χ3v) is 6.70. The average Bonchev–Trinajstić information content (AvgIpc) is 3.50. The molecule has 5 rings (SSSR count). The summed E-state index contributed by atoms with van der Waals surface area (Å²) in [6, 6.07) is 22.9. The summed E-state index contributed by atoms with van der Waals surface area (Å²) < 4.78 is 10.9. The summed E-state index contributed by atoms with van der Waals surface area (Å²) in [7, 11) is 0. The van der Waals surface area contributed by atoms with Crippen LogP contribution in [0.5, 0.6) is 0 Å². The highest BCUT2D eigenvalue weighted by Gasteiger charge is 2.25. The van der Waals surface area contributed by atoms with Gasteiger partial charge in [-0.1, -0.05) is 42.5 Å². The third-order valence-electron chi connectivity index (χ3n) is 5.68. The number of aromatic nitrogens is 1. The Labute approximate surface area is 222 Å². The molecule has 3 aromatic carbocycles. The van der Waals surface area contributed by atoms with E-state index in [9.17, 15) is 14.4 Å². The van der Waals surface area contributed by atoms with Gasteiger partial charge in [0.15, 0.2) is 0 Å². The highest BCUT2D eigenvalue weighted by atomic mass is 32.1. The zero-order chi connectivity index (χ0) is 26.6. The minimum Gasteiger partial charge on any atom is -0.462 e. The Kier molecular flexibility index (Phi) is 7.01. The largest absolute Gasteiger partial charge is 0.462 e. The van der Waals surface area contributed by atoms with E-state index in [0.717, 1.165) is 15.4 Å². The lowest BCUT2D eigenvalue weighted by Gasteiger charge is -2.08. The molecular formula is C29H23N3O5S. The van der Waals surface area contributed by atoms with E-state index < -0.39 is 17.8 Å². The van der Waals surface area contributed by atoms with Crippen LogP contribution in [0, 0.1) is 6.92 Å². The number of aryl methyl sites for hydroxylation is 1. The van der Waals surface area contributed by atoms with Crippen molar-refractivity contribution in [2.75, 3.05) is 17.2 Å². The van der Waals surface area contributed by atoms with E-state index in [2.05, 4.69) is 15.6 Å². The summed E-state index contributed by atoms with van der Waals surface area (Å²) >= 11 is 1.42. The number of ether oxygens (including phenoxy) is 1. The first-order chi connectivity index (χ1) is 18.4. The highest BCUT2D eigenvalue weighted by Crippen LogP contribution is 2.34. The van der Waals surface area contributed by atoms with Crippen molar-refractivity contribution in [1.82, 2.24) is 4.98 Å². The molecule has 2 aromatic heterocycles. The molecular weight excluding hydrogens is 502 g/mol. The Hall–Kier alpha value is -4.76. The van der Waals surface area contributed by atoms with E-state index in [1.807, 2.05) is 37.3 Å². The molecule has 38 heavy (non-hydrogen) atoms. The number of hydrogen-bond acceptors (Lipinski definition) is 7. The van der Waals surface area contributed by atoms with Crippen molar-refractivity contribution >= 4 is 51.5 Å². The van der Waals surface area contributed by atoms with Gasteiger partial charge in [-0.15, -0.1) is 11.3 Å². The first kappa shape index (κ1) is 24.9. The van der Waals surface area contributed by atoms with Crippen LogP contribution in [0.1, 0.15) is 43.3 Å². The Balaban J connectivity index is 1.45. The number of thiazole rings is 1. The topological polar surface area (TPSA) is 111 Å². The Morgan fingerprint density at radius 1 is 0.895 bits per heavy atom. The maximum absolute atomic E-state index is 13.5. The number of furan rings is 1. The number of rotatable bonds is 7. The Morgan fingerprint density at radius 3 is 2.34 bits per heavy atom. The molecule has 5 aromatic rings. The SMILES string of the molecule is CCOC(=O)c1ccc(NC(=O)c2oc3ccccc3c2NC(=O)c2nc(C)sc2-c2ccccc2)cc1. The molecule has 0 unspecified atom stereocenters. The van der Waals surface area contributed by atoms with Crippen LogP contribution in [-0.4, -0.2) is 29.4 Å². The normalized spacial score (nSPS) is 10.8. The van der Waals surface area contributed by atoms with Crippen LogP contribution in [0.4, 0.5) is 11.4 Å². The number of para-hydroxylation sites is 1. The number of nitrogens with one attached hydrogen (secondary N) is 2. The van der Waals surface area contributed by atoms with E-state index in [4.69, 9.17) is 9.15 Å². The molecule has 0 saturated heterocycles. The fourth-order valence-corrected chi connectivity index (χ4v) is 4.88. The van der Waals surface area contributed by atoms with Crippen LogP contribution in [0.2, 0.25) is 0 Å². The van der Waals surface area contributed by atoms with E-state index >= 15 is 0 Å². The van der Waals surface area contributed by atoms with E-state index in [-0.39, 0.29) is 23.7 Å². The fourth-order valence-electron chi connectivity index (χ4n) is 3.96. The summed E-state index contributed by atoms with van der Waals surface area (Å²) in [5.41, 5.74) is 2.66. The van der Waals surface area contributed by atoms with Crippen molar-refractivity contribution < 1.29 is 23.5 Å². The van der Waals surface area contributed by atoms with Gasteiger partial charge in [-0.05, 0) is 55.8 Å². The van der Waals surface area contributed by atoms with Gasteiger partial charge in [-0.25, -0.2) is 9.78 Å². The molecule has 0 atom stereocenters. The van der Waals surface area contributed by atoms with Crippen molar-refractivity contribution in [1.29, 1.82) is 0 Å². The predicted molar refractivity (Wildman–Crippen MR) is 147 cm³/mol. The zero-order valence-corrected chi connectivity index (χ0v) is 21.4. The quantitative estimate of drug-likeness (QED) is 0.233. The maximum atomic E-state index is 13.5. The van der Waals surface area contributed by atoms with Gasteiger partial charge in [-0.2, -0.15) is 0 Å². The molecule has 0 radical (unpaired) electrons. The molecule has 0 aliphatic heterocycles. The van der Waals surface area contributed by atoms with Crippen LogP contribution < -0.4 is 10.6 Å². The molecule has 0 saturated carbocycles. The molecule has 0 spiro atoms. The van der Waals surface area contributed by atoms with Crippen LogP contribution in [0.15, 0.2) is 83.3 Å². The smallest absolute Gasteiger partial charge is 0.338 e. The van der Waals surface area contributed by atoms with Gasteiger partial charge in [0.05, 0.1) is 22.1 Å². The molecule has 8 nitrogen and oxygen atoms in total. The lowest BCUT2D eigenvalue weighted by atomic mass is 10.1. The van der Waals surface area contributed by atoms with Crippen molar-refractivity contribution in [3.05, 3.63) is 101 Å². The van der Waals surface area contributed by atoms with Gasteiger partial charge in [0.25, 0.3) is 11.8 Å². The number of amides is 2. The van der Waals surface area contributed by atoms with Crippen LogP contribution in [-0.2, 0) is 4.74 Å². The average molecular weight is 526 g/mol. The van der Waals surface area contributed by atoms with Crippen molar-refractivity contribution in [3.8, 4) is 10.4 Å². The summed E-state index contributed by atoms with van der Waals surface area (Å²) in [5.74, 6) is -1.51. The molecule has 0 aliphatic rings. The van der Waals surface area contributed by atoms with Crippen LogP contribution >= 0.6 is 11.3 Å². The lowest BCUT2D eigenvalue weighted by molar-refractivity contribution is 0.0526. The molecule has 2 heterocycles. The summed E-state index contributed by atoms with van der Waals surface area (Å²) in [6.45, 7) is 3.84. The zero-order valence-electron chi connectivity index (χ0n) is 20.6. The first-order valence-corrected chi connectivity index (χ1v) is 12.7. The molecule has 0 fully saturated rings. The van der Waals surface area contributed by atoms with Gasteiger partial charge < -0.3 is 19.8 Å². The van der Waals surface area contributed by atoms with Crippen molar-refractivity contribution in [3.63, 3.8) is 0 Å². The molecule has 2 N–H and O–H groups in total. The molecule has 0 bridgehead atoms. The monoisotopic (exact) mass is 525 g/mol. The second-order valence-electron chi connectivity index (χ2n) is 8.29. The first-order valence-electron chi connectivity index (χ1n) is 11.9. The number of carbonyl (C=O) groups is 3. The summed E-state index contributed by atoms with van der Waals surface area (Å²) in [4.78, 5) is 43.9. The van der Waals surface area contributed by atoms with Crippen LogP contribution in [0.25, 0.3) is 21.4 Å². The number of anilines is 2. The Morgan fingerprint density at radius 2 is 1.61 bits per heavy atom. The second kappa shape index (κ2) is 10.7. The van der Waals surface area contributed by atoms with Gasteiger partial charge in [0, 0.05) is 11.1 Å². The molecule has 2 amide bonds. The molecule has 9 heteroatoms. The minimum atomic E-state index is -0.557. The summed E-state index contributed by atoms with van der Waals surface area (Å²) in [6.07, 6.45) is 0. The number of carbonyl (C=O) groups excluding carboxylic acids is 3. The molecule has 0 aliphatic carbocycles. The van der Waals surface area contributed by atoms with Crippen LogP contribution in [0.3, 0.4) is 0 Å². The van der Waals surface area contributed by atoms with Gasteiger partial charge in [0.2, 0.25) is 5.76 Å². The standard InChI is InChI=1S/C29H23N3O5S/c1-3-36-29(35)19-13-15-20(16-14-19)31-28(34)25-23(21-11-7-8-12-22(21)37-25)32-27(33)24-26(38-17(2)30-24)18-9-5-4-6-10-18/h4-16H,3H2,1-2H3,(H,31,34)(H,32,33). The third kappa shape index (κ3) is 5.05. The van der Waals surface area contributed by atoms with Gasteiger partial charge >= 0.3 is 5.97 Å². The van der Waals surface area contributed by atoms with Gasteiger partial charge in [0.1, 0.15) is 17.0 Å². The van der Waals surface area contributed by atoms with Crippen molar-refractivity contribution in [2.24, 2.45) is 0 Å². The number of hydrogen-bond donors (Lipinski definition) is 2. The maximum Gasteiger partial charge on any atom is 0.338 e. The minimum absolute atomic E-state index is 0.0535. The van der Waals surface area contributed by atoms with E-state index in [0.29, 0.717) is 22.2 Å². The number of nitrogens with zero attached hydrogens (tertiary/aromatic N) is 1. The fraction of sp³-hybridized carbons (Fsp3) is 0.103. The Bertz CT molecular complexity index is 1640.